The van der Waals surface area contributed by atoms with Gasteiger partial charge in [-0.1, -0.05) is 23.2 Å². The number of thiophene rings is 1. The molecular weight excluding hydrogens is 277 g/mol. The first-order valence-corrected chi connectivity index (χ1v) is 6.75. The highest BCUT2D eigenvalue weighted by molar-refractivity contribution is 7.99. The molecule has 0 amide bonds. The van der Waals surface area contributed by atoms with Crippen LogP contribution in [0.15, 0.2) is 6.07 Å². The third-order valence-corrected chi connectivity index (χ3v) is 4.81. The molecule has 1 saturated heterocycles. The van der Waals surface area contributed by atoms with Crippen molar-refractivity contribution in [1.82, 2.24) is 5.32 Å². The quantitative estimate of drug-likeness (QED) is 0.876. The van der Waals surface area contributed by atoms with Gasteiger partial charge >= 0.3 is 5.97 Å². The van der Waals surface area contributed by atoms with Crippen molar-refractivity contribution in [3.8, 4) is 0 Å². The van der Waals surface area contributed by atoms with Gasteiger partial charge in [-0.05, 0) is 6.07 Å². The Labute approximate surface area is 105 Å². The zero-order valence-corrected chi connectivity index (χ0v) is 10.5. The summed E-state index contributed by atoms with van der Waals surface area (Å²) in [6.07, 6.45) is 0. The minimum absolute atomic E-state index is 0.0673. The smallest absolute Gasteiger partial charge is 0.321 e. The minimum Gasteiger partial charge on any atom is -0.480 e. The average Bonchev–Trinajstić information content (AvgIpc) is 2.71. The maximum Gasteiger partial charge on any atom is 0.321 e. The van der Waals surface area contributed by atoms with Crippen LogP contribution in [0, 0.1) is 0 Å². The van der Waals surface area contributed by atoms with Gasteiger partial charge in [0, 0.05) is 11.3 Å². The van der Waals surface area contributed by atoms with Crippen LogP contribution >= 0.6 is 46.3 Å². The van der Waals surface area contributed by atoms with Gasteiger partial charge in [0.05, 0.1) is 9.71 Å². The van der Waals surface area contributed by atoms with Crippen molar-refractivity contribution >= 4 is 52.3 Å². The fraction of sp³-hybridized carbons (Fsp3) is 0.375. The maximum atomic E-state index is 10.7. The summed E-state index contributed by atoms with van der Waals surface area (Å²) in [6.45, 7) is 0. The highest BCUT2D eigenvalue weighted by Gasteiger charge is 2.32. The summed E-state index contributed by atoms with van der Waals surface area (Å²) in [6, 6.07) is 1.28. The molecule has 3 nitrogen and oxygen atoms in total. The maximum absolute atomic E-state index is 10.7. The van der Waals surface area contributed by atoms with E-state index in [1.54, 1.807) is 6.07 Å². The Morgan fingerprint density at radius 2 is 2.33 bits per heavy atom. The summed E-state index contributed by atoms with van der Waals surface area (Å²) in [5.74, 6) is -0.286. The van der Waals surface area contributed by atoms with Crippen LogP contribution in [0.3, 0.4) is 0 Å². The molecule has 1 aromatic heterocycles. The molecule has 2 rings (SSSR count). The SMILES string of the molecule is O=C(O)[C@@H]1CSC(c2cc(Cl)sc2Cl)N1. The molecule has 0 radical (unpaired) electrons. The molecule has 1 aliphatic rings. The van der Waals surface area contributed by atoms with E-state index in [1.165, 1.54) is 23.1 Å². The molecule has 7 heteroatoms. The number of hydrogen-bond donors (Lipinski definition) is 2. The zero-order chi connectivity index (χ0) is 11.0. The Hall–Kier alpha value is 0.0600. The van der Waals surface area contributed by atoms with E-state index < -0.39 is 12.0 Å². The van der Waals surface area contributed by atoms with E-state index in [0.29, 0.717) is 14.4 Å². The number of carbonyl (C=O) groups is 1. The summed E-state index contributed by atoms with van der Waals surface area (Å²) >= 11 is 14.6. The van der Waals surface area contributed by atoms with Gasteiger partial charge in [-0.25, -0.2) is 0 Å². The van der Waals surface area contributed by atoms with E-state index in [0.717, 1.165) is 5.56 Å². The third-order valence-electron chi connectivity index (χ3n) is 2.05. The molecule has 0 saturated carbocycles. The van der Waals surface area contributed by atoms with Crippen LogP contribution in [0.4, 0.5) is 0 Å². The number of rotatable bonds is 2. The molecular formula is C8H7Cl2NO2S2. The van der Waals surface area contributed by atoms with E-state index in [9.17, 15) is 4.79 Å². The first-order chi connectivity index (χ1) is 7.08. The molecule has 15 heavy (non-hydrogen) atoms. The summed E-state index contributed by atoms with van der Waals surface area (Å²) in [5, 5.41) is 11.7. The van der Waals surface area contributed by atoms with Crippen LogP contribution in [0.2, 0.25) is 8.67 Å². The van der Waals surface area contributed by atoms with Gasteiger partial charge < -0.3 is 5.11 Å². The molecule has 1 unspecified atom stereocenters. The van der Waals surface area contributed by atoms with Crippen molar-refractivity contribution in [3.63, 3.8) is 0 Å². The third kappa shape index (κ3) is 2.42. The number of nitrogens with one attached hydrogen (secondary N) is 1. The Morgan fingerprint density at radius 1 is 1.60 bits per heavy atom. The van der Waals surface area contributed by atoms with Crippen molar-refractivity contribution in [2.75, 3.05) is 5.75 Å². The molecule has 1 aliphatic heterocycles. The van der Waals surface area contributed by atoms with Gasteiger partial charge in [-0.15, -0.1) is 23.1 Å². The second-order valence-electron chi connectivity index (χ2n) is 3.05. The molecule has 1 fully saturated rings. The fourth-order valence-corrected chi connectivity index (χ4v) is 4.25. The molecule has 0 aromatic carbocycles. The van der Waals surface area contributed by atoms with Crippen molar-refractivity contribution in [2.24, 2.45) is 0 Å². The van der Waals surface area contributed by atoms with Crippen LogP contribution < -0.4 is 5.32 Å². The van der Waals surface area contributed by atoms with Gasteiger partial charge in [0.2, 0.25) is 0 Å². The number of thioether (sulfide) groups is 1. The number of aliphatic carboxylic acids is 1. The first-order valence-electron chi connectivity index (χ1n) is 4.13. The summed E-state index contributed by atoms with van der Waals surface area (Å²) in [4.78, 5) is 10.7. The first kappa shape index (κ1) is 11.5. The molecule has 2 heterocycles. The summed E-state index contributed by atoms with van der Waals surface area (Å²) in [5.41, 5.74) is 0.875. The van der Waals surface area contributed by atoms with Crippen LogP contribution in [0.25, 0.3) is 0 Å². The predicted molar refractivity (Wildman–Crippen MR) is 64.1 cm³/mol. The number of halogens is 2. The molecule has 82 valence electrons. The Morgan fingerprint density at radius 3 is 2.80 bits per heavy atom. The Balaban J connectivity index is 2.14. The van der Waals surface area contributed by atoms with Crippen LogP contribution in [-0.2, 0) is 4.79 Å². The number of carboxylic acids is 1. The monoisotopic (exact) mass is 283 g/mol. The van der Waals surface area contributed by atoms with Gasteiger partial charge in [-0.3, -0.25) is 10.1 Å². The van der Waals surface area contributed by atoms with Gasteiger partial charge in [-0.2, -0.15) is 0 Å². The fourth-order valence-electron chi connectivity index (χ4n) is 1.33. The molecule has 2 atom stereocenters. The van der Waals surface area contributed by atoms with E-state index in [2.05, 4.69) is 5.32 Å². The van der Waals surface area contributed by atoms with Crippen molar-refractivity contribution in [1.29, 1.82) is 0 Å². The summed E-state index contributed by atoms with van der Waals surface area (Å²) < 4.78 is 1.24. The minimum atomic E-state index is -0.831. The molecule has 2 N–H and O–H groups in total. The Kier molecular flexibility index (Phi) is 3.47. The molecule has 0 aliphatic carbocycles. The van der Waals surface area contributed by atoms with Crippen molar-refractivity contribution < 1.29 is 9.90 Å². The normalized spacial score (nSPS) is 25.7. The van der Waals surface area contributed by atoms with Crippen molar-refractivity contribution in [3.05, 3.63) is 20.3 Å². The van der Waals surface area contributed by atoms with Gasteiger partial charge in [0.15, 0.2) is 0 Å². The lowest BCUT2D eigenvalue weighted by molar-refractivity contribution is -0.138. The Bertz CT molecular complexity index is 396. The summed E-state index contributed by atoms with van der Waals surface area (Å²) in [7, 11) is 0. The molecule has 0 bridgehead atoms. The van der Waals surface area contributed by atoms with Gasteiger partial charge in [0.25, 0.3) is 0 Å². The predicted octanol–water partition coefficient (Wildman–Crippen LogP) is 2.84. The van der Waals surface area contributed by atoms with E-state index in [1.807, 2.05) is 0 Å². The van der Waals surface area contributed by atoms with Crippen LogP contribution in [-0.4, -0.2) is 22.9 Å². The second-order valence-corrected chi connectivity index (χ2v) is 6.47. The topological polar surface area (TPSA) is 49.3 Å². The van der Waals surface area contributed by atoms with E-state index >= 15 is 0 Å². The number of hydrogen-bond acceptors (Lipinski definition) is 4. The van der Waals surface area contributed by atoms with E-state index in [4.69, 9.17) is 28.3 Å². The second kappa shape index (κ2) is 4.51. The average molecular weight is 284 g/mol. The highest BCUT2D eigenvalue weighted by Crippen LogP contribution is 2.41. The lowest BCUT2D eigenvalue weighted by Crippen LogP contribution is -2.33. The molecule has 0 spiro atoms. The lowest BCUT2D eigenvalue weighted by Gasteiger charge is -2.09. The van der Waals surface area contributed by atoms with E-state index in [-0.39, 0.29) is 5.37 Å². The lowest BCUT2D eigenvalue weighted by atomic mass is 10.3. The molecule has 1 aromatic rings. The van der Waals surface area contributed by atoms with Crippen molar-refractivity contribution in [2.45, 2.75) is 11.4 Å². The number of carboxylic acid groups (broad SMARTS) is 1. The van der Waals surface area contributed by atoms with Crippen LogP contribution in [0.1, 0.15) is 10.9 Å². The zero-order valence-electron chi connectivity index (χ0n) is 7.37. The van der Waals surface area contributed by atoms with Crippen LogP contribution in [0.5, 0.6) is 0 Å². The standard InChI is InChI=1S/C8H7Cl2NO2S2/c9-5-1-3(6(10)15-5)7-11-4(2-14-7)8(12)13/h1,4,7,11H,2H2,(H,12,13)/t4-,7?/m0/s1. The van der Waals surface area contributed by atoms with Gasteiger partial charge in [0.1, 0.15) is 10.4 Å². The largest absolute Gasteiger partial charge is 0.480 e. The highest BCUT2D eigenvalue weighted by atomic mass is 35.5.